The summed E-state index contributed by atoms with van der Waals surface area (Å²) in [6, 6.07) is 5.14. The van der Waals surface area contributed by atoms with Crippen LogP contribution in [0.2, 0.25) is 10.0 Å². The zero-order chi connectivity index (χ0) is 17.3. The molecule has 0 aliphatic heterocycles. The predicted octanol–water partition coefficient (Wildman–Crippen LogP) is 4.63. The third kappa shape index (κ3) is 3.05. The average molecular weight is 366 g/mol. The van der Waals surface area contributed by atoms with Crippen molar-refractivity contribution in [2.75, 3.05) is 7.11 Å². The molecule has 3 aromatic rings. The summed E-state index contributed by atoms with van der Waals surface area (Å²) in [6.07, 6.45) is 4.30. The van der Waals surface area contributed by atoms with E-state index in [9.17, 15) is 4.79 Å². The van der Waals surface area contributed by atoms with Crippen LogP contribution >= 0.6 is 23.2 Å². The van der Waals surface area contributed by atoms with Gasteiger partial charge in [0.25, 0.3) is 0 Å². The molecular weight excluding hydrogens is 353 g/mol. The lowest BCUT2D eigenvalue weighted by atomic mass is 10.0. The zero-order valence-electron chi connectivity index (χ0n) is 12.7. The monoisotopic (exact) mass is 365 g/mol. The van der Waals surface area contributed by atoms with E-state index in [2.05, 4.69) is 4.98 Å². The van der Waals surface area contributed by atoms with Gasteiger partial charge in [-0.15, -0.1) is 0 Å². The second-order valence-electron chi connectivity index (χ2n) is 5.17. The van der Waals surface area contributed by atoms with E-state index < -0.39 is 5.97 Å². The number of nitrogens with zero attached hydrogens (tertiary/aromatic N) is 1. The minimum atomic E-state index is -1.13. The summed E-state index contributed by atoms with van der Waals surface area (Å²) >= 11 is 12.3. The Bertz CT molecular complexity index is 900. The van der Waals surface area contributed by atoms with E-state index in [-0.39, 0.29) is 5.76 Å². The summed E-state index contributed by atoms with van der Waals surface area (Å²) in [5.41, 5.74) is 2.14. The smallest absolute Gasteiger partial charge is 0.371 e. The minimum Gasteiger partial charge on any atom is -0.493 e. The Labute approximate surface area is 147 Å². The van der Waals surface area contributed by atoms with Gasteiger partial charge in [-0.3, -0.25) is 4.98 Å². The maximum Gasteiger partial charge on any atom is 0.371 e. The van der Waals surface area contributed by atoms with Gasteiger partial charge in [-0.25, -0.2) is 4.79 Å². The summed E-state index contributed by atoms with van der Waals surface area (Å²) in [6.45, 7) is 0. The number of carbonyl (C=O) groups is 1. The van der Waals surface area contributed by atoms with Gasteiger partial charge in [0.2, 0.25) is 5.76 Å². The molecule has 5 nitrogen and oxygen atoms in total. The molecular formula is C17H13Cl2NO4. The lowest BCUT2D eigenvalue weighted by Gasteiger charge is -2.08. The Morgan fingerprint density at radius 3 is 2.58 bits per heavy atom. The van der Waals surface area contributed by atoms with E-state index in [1.807, 2.05) is 6.07 Å². The molecule has 0 aliphatic carbocycles. The van der Waals surface area contributed by atoms with E-state index in [1.165, 1.54) is 13.2 Å². The highest BCUT2D eigenvalue weighted by molar-refractivity contribution is 6.35. The van der Waals surface area contributed by atoms with Gasteiger partial charge in [-0.1, -0.05) is 29.3 Å². The van der Waals surface area contributed by atoms with Crippen LogP contribution in [0, 0.1) is 0 Å². The van der Waals surface area contributed by atoms with E-state index in [4.69, 9.17) is 37.5 Å². The molecule has 7 heteroatoms. The number of ether oxygens (including phenoxy) is 1. The molecule has 0 saturated heterocycles. The highest BCUT2D eigenvalue weighted by Gasteiger charge is 2.17. The van der Waals surface area contributed by atoms with Crippen LogP contribution in [0.4, 0.5) is 0 Å². The normalized spacial score (nSPS) is 11.0. The van der Waals surface area contributed by atoms with Crippen molar-refractivity contribution in [3.8, 4) is 5.75 Å². The molecule has 0 amide bonds. The van der Waals surface area contributed by atoms with Crippen molar-refractivity contribution in [2.24, 2.45) is 0 Å². The van der Waals surface area contributed by atoms with Crippen molar-refractivity contribution >= 4 is 40.1 Å². The predicted molar refractivity (Wildman–Crippen MR) is 91.4 cm³/mol. The summed E-state index contributed by atoms with van der Waals surface area (Å²) in [7, 11) is 1.51. The number of rotatable bonds is 5. The number of hydrogen-bond acceptors (Lipinski definition) is 4. The van der Waals surface area contributed by atoms with E-state index >= 15 is 0 Å². The van der Waals surface area contributed by atoms with Crippen LogP contribution in [-0.4, -0.2) is 23.2 Å². The number of methoxy groups -OCH3 is 1. The summed E-state index contributed by atoms with van der Waals surface area (Å²) < 4.78 is 10.6. The first-order valence-corrected chi connectivity index (χ1v) is 7.87. The van der Waals surface area contributed by atoms with Crippen molar-refractivity contribution in [3.63, 3.8) is 0 Å². The molecule has 0 radical (unpaired) electrons. The number of carboxylic acid groups (broad SMARTS) is 1. The topological polar surface area (TPSA) is 72.6 Å². The summed E-state index contributed by atoms with van der Waals surface area (Å²) in [4.78, 5) is 15.1. The molecule has 1 aromatic carbocycles. The minimum absolute atomic E-state index is 0.129. The molecule has 0 fully saturated rings. The Kier molecular flexibility index (Phi) is 4.64. The number of aryl methyl sites for hydroxylation is 1. The van der Waals surface area contributed by atoms with Gasteiger partial charge in [0, 0.05) is 17.8 Å². The van der Waals surface area contributed by atoms with Crippen molar-refractivity contribution in [3.05, 3.63) is 57.5 Å². The first-order chi connectivity index (χ1) is 11.5. The van der Waals surface area contributed by atoms with E-state index in [0.29, 0.717) is 39.6 Å². The van der Waals surface area contributed by atoms with Crippen LogP contribution in [0.3, 0.4) is 0 Å². The second-order valence-corrected chi connectivity index (χ2v) is 5.98. The Morgan fingerprint density at radius 1 is 1.25 bits per heavy atom. The van der Waals surface area contributed by atoms with Crippen LogP contribution in [0.15, 0.2) is 35.0 Å². The molecule has 0 aliphatic rings. The lowest BCUT2D eigenvalue weighted by Crippen LogP contribution is -1.96. The fraction of sp³-hybridized carbons (Fsp3) is 0.176. The molecule has 0 atom stereocenters. The number of furan rings is 1. The molecule has 1 N–H and O–H groups in total. The molecule has 0 spiro atoms. The van der Waals surface area contributed by atoms with Crippen molar-refractivity contribution in [1.82, 2.24) is 4.98 Å². The van der Waals surface area contributed by atoms with Gasteiger partial charge in [0.15, 0.2) is 11.3 Å². The molecule has 3 rings (SSSR count). The number of aromatic nitrogens is 1. The number of hydrogen-bond donors (Lipinski definition) is 1. The quantitative estimate of drug-likeness (QED) is 0.713. The van der Waals surface area contributed by atoms with E-state index in [0.717, 1.165) is 11.1 Å². The van der Waals surface area contributed by atoms with Gasteiger partial charge in [0.05, 0.1) is 17.2 Å². The van der Waals surface area contributed by atoms with Gasteiger partial charge in [-0.2, -0.15) is 0 Å². The Hall–Kier alpha value is -2.24. The molecule has 0 unspecified atom stereocenters. The molecule has 2 aromatic heterocycles. The maximum atomic E-state index is 11.2. The highest BCUT2D eigenvalue weighted by atomic mass is 35.5. The number of pyridine rings is 1. The first-order valence-electron chi connectivity index (χ1n) is 7.12. The molecule has 2 heterocycles. The number of halogens is 2. The number of aromatic carboxylic acids is 1. The van der Waals surface area contributed by atoms with Gasteiger partial charge in [0.1, 0.15) is 0 Å². The number of carboxylic acids is 1. The standard InChI is InChI=1S/C17H13Cl2NO4/c1-23-14-5-3-9(11-6-15(17(21)22)24-16(11)14)2-4-10-12(18)7-20-8-13(10)19/h3,5-8H,2,4H2,1H3,(H,21,22). The Morgan fingerprint density at radius 2 is 1.96 bits per heavy atom. The molecule has 124 valence electrons. The average Bonchev–Trinajstić information content (AvgIpc) is 3.00. The van der Waals surface area contributed by atoms with Crippen LogP contribution in [0.25, 0.3) is 11.0 Å². The van der Waals surface area contributed by atoms with Gasteiger partial charge >= 0.3 is 5.97 Å². The molecule has 0 saturated carbocycles. The van der Waals surface area contributed by atoms with Crippen LogP contribution < -0.4 is 4.74 Å². The number of benzene rings is 1. The summed E-state index contributed by atoms with van der Waals surface area (Å²) in [5, 5.41) is 10.9. The van der Waals surface area contributed by atoms with Crippen LogP contribution in [0.5, 0.6) is 5.75 Å². The third-order valence-electron chi connectivity index (χ3n) is 3.77. The third-order valence-corrected chi connectivity index (χ3v) is 4.42. The molecule has 0 bridgehead atoms. The Balaban J connectivity index is 1.99. The van der Waals surface area contributed by atoms with Gasteiger partial charge < -0.3 is 14.3 Å². The van der Waals surface area contributed by atoms with Gasteiger partial charge in [-0.05, 0) is 36.1 Å². The van der Waals surface area contributed by atoms with Crippen molar-refractivity contribution < 1.29 is 19.1 Å². The second kappa shape index (κ2) is 6.71. The highest BCUT2D eigenvalue weighted by Crippen LogP contribution is 2.33. The van der Waals surface area contributed by atoms with Crippen LogP contribution in [-0.2, 0) is 12.8 Å². The van der Waals surface area contributed by atoms with Crippen molar-refractivity contribution in [1.29, 1.82) is 0 Å². The first kappa shape index (κ1) is 16.6. The SMILES string of the molecule is COc1ccc(CCc2c(Cl)cncc2Cl)c2cc(C(=O)O)oc12. The molecule has 24 heavy (non-hydrogen) atoms. The fourth-order valence-corrected chi connectivity index (χ4v) is 3.13. The maximum absolute atomic E-state index is 11.2. The van der Waals surface area contributed by atoms with E-state index in [1.54, 1.807) is 18.5 Å². The van der Waals surface area contributed by atoms with Crippen molar-refractivity contribution in [2.45, 2.75) is 12.8 Å². The summed E-state index contributed by atoms with van der Waals surface area (Å²) in [5.74, 6) is -0.767. The largest absolute Gasteiger partial charge is 0.493 e. The van der Waals surface area contributed by atoms with Crippen LogP contribution in [0.1, 0.15) is 21.7 Å². The zero-order valence-corrected chi connectivity index (χ0v) is 14.2. The lowest BCUT2D eigenvalue weighted by molar-refractivity contribution is 0.0665. The fourth-order valence-electron chi connectivity index (χ4n) is 2.58. The number of fused-ring (bicyclic) bond motifs is 1.